The van der Waals surface area contributed by atoms with Gasteiger partial charge in [0.15, 0.2) is 0 Å². The van der Waals surface area contributed by atoms with Crippen molar-refractivity contribution in [2.24, 2.45) is 0 Å². The molecule has 0 amide bonds. The van der Waals surface area contributed by atoms with E-state index in [1.165, 1.54) is 17.2 Å². The Balaban J connectivity index is 2.26. The zero-order valence-corrected chi connectivity index (χ0v) is 12.8. The van der Waals surface area contributed by atoms with Crippen LogP contribution in [0.5, 0.6) is 0 Å². The Labute approximate surface area is 129 Å². The zero-order chi connectivity index (χ0) is 15.7. The Morgan fingerprint density at radius 1 is 1.14 bits per heavy atom. The van der Waals surface area contributed by atoms with Crippen LogP contribution in [0.1, 0.15) is 17.5 Å². The van der Waals surface area contributed by atoms with Crippen molar-refractivity contribution >= 4 is 11.0 Å². The second kappa shape index (κ2) is 5.89. The highest BCUT2D eigenvalue weighted by Gasteiger charge is 2.16. The molecular formula is C18H19FN2O. The number of hydrogen-bond acceptors (Lipinski definition) is 2. The summed E-state index contributed by atoms with van der Waals surface area (Å²) in [5, 5.41) is 9.14. The van der Waals surface area contributed by atoms with Crippen molar-refractivity contribution in [3.63, 3.8) is 0 Å². The first-order valence-corrected chi connectivity index (χ1v) is 7.45. The maximum Gasteiger partial charge on any atom is 0.144 e. The number of nitrogens with zero attached hydrogens (tertiary/aromatic N) is 2. The Morgan fingerprint density at radius 2 is 1.86 bits per heavy atom. The van der Waals surface area contributed by atoms with Gasteiger partial charge in [0.05, 0.1) is 16.6 Å². The van der Waals surface area contributed by atoms with Crippen molar-refractivity contribution in [1.29, 1.82) is 0 Å². The highest BCUT2D eigenvalue weighted by atomic mass is 19.1. The van der Waals surface area contributed by atoms with Crippen molar-refractivity contribution in [2.75, 3.05) is 6.61 Å². The van der Waals surface area contributed by atoms with E-state index in [2.05, 4.69) is 18.0 Å². The Kier molecular flexibility index (Phi) is 3.94. The van der Waals surface area contributed by atoms with Crippen LogP contribution in [-0.4, -0.2) is 21.3 Å². The number of fused-ring (bicyclic) bond motifs is 1. The Bertz CT molecular complexity index is 823. The lowest BCUT2D eigenvalue weighted by atomic mass is 10.1. The van der Waals surface area contributed by atoms with Crippen LogP contribution in [-0.2, 0) is 6.54 Å². The molecule has 22 heavy (non-hydrogen) atoms. The molecule has 2 aromatic carbocycles. The van der Waals surface area contributed by atoms with E-state index in [1.54, 1.807) is 12.1 Å². The van der Waals surface area contributed by atoms with E-state index in [1.807, 2.05) is 23.6 Å². The molecule has 0 spiro atoms. The summed E-state index contributed by atoms with van der Waals surface area (Å²) in [5.41, 5.74) is 4.68. The molecule has 0 aliphatic rings. The number of aryl methyl sites for hydroxylation is 3. The minimum Gasteiger partial charge on any atom is -0.396 e. The molecule has 1 heterocycles. The molecule has 0 fully saturated rings. The van der Waals surface area contributed by atoms with Crippen LogP contribution < -0.4 is 0 Å². The molecule has 1 N–H and O–H groups in total. The highest BCUT2D eigenvalue weighted by Crippen LogP contribution is 2.28. The lowest BCUT2D eigenvalue weighted by molar-refractivity contribution is 0.281. The first-order chi connectivity index (χ1) is 10.6. The van der Waals surface area contributed by atoms with E-state index in [-0.39, 0.29) is 12.4 Å². The molecule has 0 saturated heterocycles. The average molecular weight is 298 g/mol. The summed E-state index contributed by atoms with van der Waals surface area (Å²) < 4.78 is 16.2. The number of rotatable bonds is 4. The maximum atomic E-state index is 14.2. The molecule has 0 bridgehead atoms. The number of halogens is 1. The van der Waals surface area contributed by atoms with Gasteiger partial charge in [-0.05, 0) is 55.7 Å². The molecule has 0 saturated carbocycles. The lowest BCUT2D eigenvalue weighted by Crippen LogP contribution is -2.03. The molecule has 0 unspecified atom stereocenters. The van der Waals surface area contributed by atoms with Gasteiger partial charge in [-0.15, -0.1) is 0 Å². The van der Waals surface area contributed by atoms with E-state index in [0.29, 0.717) is 24.4 Å². The second-order valence-electron chi connectivity index (χ2n) is 5.57. The van der Waals surface area contributed by atoms with Crippen LogP contribution in [0.15, 0.2) is 36.4 Å². The largest absolute Gasteiger partial charge is 0.396 e. The normalized spacial score (nSPS) is 11.3. The van der Waals surface area contributed by atoms with Gasteiger partial charge >= 0.3 is 0 Å². The van der Waals surface area contributed by atoms with Gasteiger partial charge in [-0.2, -0.15) is 0 Å². The van der Waals surface area contributed by atoms with Crippen molar-refractivity contribution < 1.29 is 9.50 Å². The first-order valence-electron chi connectivity index (χ1n) is 7.45. The van der Waals surface area contributed by atoms with Gasteiger partial charge in [0, 0.05) is 13.2 Å². The number of benzene rings is 2. The fourth-order valence-electron chi connectivity index (χ4n) is 2.68. The van der Waals surface area contributed by atoms with E-state index in [9.17, 15) is 4.39 Å². The number of aromatic nitrogens is 2. The predicted octanol–water partition coefficient (Wildman–Crippen LogP) is 3.84. The van der Waals surface area contributed by atoms with Gasteiger partial charge in [0.2, 0.25) is 0 Å². The van der Waals surface area contributed by atoms with Gasteiger partial charge in [0.25, 0.3) is 0 Å². The quantitative estimate of drug-likeness (QED) is 0.794. The van der Waals surface area contributed by atoms with E-state index in [0.717, 1.165) is 11.0 Å². The van der Waals surface area contributed by atoms with Crippen molar-refractivity contribution in [3.8, 4) is 11.4 Å². The molecule has 3 nitrogen and oxygen atoms in total. The van der Waals surface area contributed by atoms with Gasteiger partial charge in [-0.1, -0.05) is 12.1 Å². The summed E-state index contributed by atoms with van der Waals surface area (Å²) in [6.45, 7) is 4.81. The molecule has 3 aromatic rings. The first kappa shape index (κ1) is 14.7. The molecule has 114 valence electrons. The fourth-order valence-corrected chi connectivity index (χ4v) is 2.68. The smallest absolute Gasteiger partial charge is 0.144 e. The number of aliphatic hydroxyl groups is 1. The number of hydrogen-bond donors (Lipinski definition) is 1. The molecule has 0 aliphatic heterocycles. The zero-order valence-electron chi connectivity index (χ0n) is 12.8. The average Bonchev–Trinajstić information content (AvgIpc) is 2.83. The Morgan fingerprint density at radius 3 is 2.59 bits per heavy atom. The van der Waals surface area contributed by atoms with Crippen LogP contribution in [0, 0.1) is 19.7 Å². The SMILES string of the molecule is Cc1cc2nc(-c3ccccc3F)n(CCCO)c2cc1C. The Hall–Kier alpha value is -2.20. The minimum absolute atomic E-state index is 0.0984. The summed E-state index contributed by atoms with van der Waals surface area (Å²) in [4.78, 5) is 4.64. The molecule has 1 aromatic heterocycles. The minimum atomic E-state index is -0.281. The predicted molar refractivity (Wildman–Crippen MR) is 86.3 cm³/mol. The maximum absolute atomic E-state index is 14.2. The van der Waals surface area contributed by atoms with E-state index >= 15 is 0 Å². The van der Waals surface area contributed by atoms with E-state index in [4.69, 9.17) is 5.11 Å². The third kappa shape index (κ3) is 2.50. The van der Waals surface area contributed by atoms with Crippen molar-refractivity contribution in [1.82, 2.24) is 9.55 Å². The molecule has 3 rings (SSSR count). The fraction of sp³-hybridized carbons (Fsp3) is 0.278. The molecule has 0 atom stereocenters. The van der Waals surface area contributed by atoms with Crippen LogP contribution in [0.2, 0.25) is 0 Å². The standard InChI is InChI=1S/C18H19FN2O/c1-12-10-16-17(11-13(12)2)21(8-5-9-22)18(20-16)14-6-3-4-7-15(14)19/h3-4,6-7,10-11,22H,5,8-9H2,1-2H3. The van der Waals surface area contributed by atoms with Crippen molar-refractivity contribution in [2.45, 2.75) is 26.8 Å². The monoisotopic (exact) mass is 298 g/mol. The van der Waals surface area contributed by atoms with Gasteiger partial charge in [-0.3, -0.25) is 0 Å². The van der Waals surface area contributed by atoms with Crippen LogP contribution in [0.3, 0.4) is 0 Å². The van der Waals surface area contributed by atoms with Gasteiger partial charge < -0.3 is 9.67 Å². The molecule has 4 heteroatoms. The second-order valence-corrected chi connectivity index (χ2v) is 5.57. The molecule has 0 aliphatic carbocycles. The summed E-state index contributed by atoms with van der Waals surface area (Å²) in [6.07, 6.45) is 0.611. The van der Waals surface area contributed by atoms with Gasteiger partial charge in [0.1, 0.15) is 11.6 Å². The van der Waals surface area contributed by atoms with Gasteiger partial charge in [-0.25, -0.2) is 9.37 Å². The van der Waals surface area contributed by atoms with Crippen LogP contribution >= 0.6 is 0 Å². The van der Waals surface area contributed by atoms with Crippen molar-refractivity contribution in [3.05, 3.63) is 53.3 Å². The number of aliphatic hydroxyl groups excluding tert-OH is 1. The summed E-state index contributed by atoms with van der Waals surface area (Å²) >= 11 is 0. The van der Waals surface area contributed by atoms with E-state index < -0.39 is 0 Å². The lowest BCUT2D eigenvalue weighted by Gasteiger charge is -2.09. The van der Waals surface area contributed by atoms with Crippen LogP contribution in [0.4, 0.5) is 4.39 Å². The third-order valence-corrected chi connectivity index (χ3v) is 4.02. The third-order valence-electron chi connectivity index (χ3n) is 4.02. The summed E-state index contributed by atoms with van der Waals surface area (Å²) in [6, 6.07) is 10.8. The molecule has 0 radical (unpaired) electrons. The molecular weight excluding hydrogens is 279 g/mol. The highest BCUT2D eigenvalue weighted by molar-refractivity contribution is 5.82. The summed E-state index contributed by atoms with van der Waals surface area (Å²) in [5.74, 6) is 0.336. The topological polar surface area (TPSA) is 38.0 Å². The number of imidazole rings is 1. The van der Waals surface area contributed by atoms with Crippen LogP contribution in [0.25, 0.3) is 22.4 Å². The summed E-state index contributed by atoms with van der Waals surface area (Å²) in [7, 11) is 0.